The second-order valence-electron chi connectivity index (χ2n) is 6.49. The van der Waals surface area contributed by atoms with Crippen LogP contribution >= 0.6 is 0 Å². The van der Waals surface area contributed by atoms with Crippen LogP contribution in [-0.4, -0.2) is 47.6 Å². The predicted octanol–water partition coefficient (Wildman–Crippen LogP) is 2.44. The second kappa shape index (κ2) is 7.55. The van der Waals surface area contributed by atoms with Crippen molar-refractivity contribution >= 4 is 5.82 Å². The van der Waals surface area contributed by atoms with Gasteiger partial charge in [-0.15, -0.1) is 0 Å². The predicted molar refractivity (Wildman–Crippen MR) is 86.6 cm³/mol. The maximum atomic E-state index is 9.20. The molecule has 2 heterocycles. The van der Waals surface area contributed by atoms with Gasteiger partial charge in [0.2, 0.25) is 0 Å². The van der Waals surface area contributed by atoms with Gasteiger partial charge in [-0.3, -0.25) is 0 Å². The van der Waals surface area contributed by atoms with Crippen molar-refractivity contribution in [2.45, 2.75) is 38.5 Å². The minimum Gasteiger partial charge on any atom is -0.353 e. The molecule has 5 heteroatoms. The summed E-state index contributed by atoms with van der Waals surface area (Å²) in [6.07, 6.45) is 11.5. The molecule has 1 aromatic heterocycles. The fraction of sp³-hybridized carbons (Fsp3) is 0.706. The van der Waals surface area contributed by atoms with Crippen LogP contribution in [0.1, 0.15) is 44.2 Å². The zero-order valence-electron chi connectivity index (χ0n) is 13.2. The van der Waals surface area contributed by atoms with E-state index in [1.54, 1.807) is 12.4 Å². The summed E-state index contributed by atoms with van der Waals surface area (Å²) in [5.41, 5.74) is 0.447. The number of nitrogens with zero attached hydrogens (tertiary/aromatic N) is 5. The van der Waals surface area contributed by atoms with Crippen LogP contribution in [0.2, 0.25) is 0 Å². The lowest BCUT2D eigenvalue weighted by molar-refractivity contribution is 0.211. The van der Waals surface area contributed by atoms with E-state index in [0.29, 0.717) is 5.69 Å². The highest BCUT2D eigenvalue weighted by molar-refractivity contribution is 5.49. The molecule has 1 aromatic rings. The van der Waals surface area contributed by atoms with Crippen molar-refractivity contribution in [3.05, 3.63) is 18.1 Å². The summed E-state index contributed by atoms with van der Waals surface area (Å²) in [5.74, 6) is 1.65. The standard InChI is InChI=1S/C17H25N5/c18-13-16-17(20-8-7-19-16)22-10-4-9-21(11-12-22)14-15-5-2-1-3-6-15/h7-8,15H,1-6,9-12,14H2. The number of aromatic nitrogens is 2. The van der Waals surface area contributed by atoms with Gasteiger partial charge >= 0.3 is 0 Å². The third-order valence-electron chi connectivity index (χ3n) is 4.91. The molecule has 0 N–H and O–H groups in total. The second-order valence-corrected chi connectivity index (χ2v) is 6.49. The summed E-state index contributed by atoms with van der Waals surface area (Å²) in [6.45, 7) is 5.39. The first-order valence-corrected chi connectivity index (χ1v) is 8.55. The van der Waals surface area contributed by atoms with Crippen LogP contribution < -0.4 is 4.90 Å². The van der Waals surface area contributed by atoms with E-state index in [-0.39, 0.29) is 0 Å². The molecule has 0 radical (unpaired) electrons. The molecule has 1 aliphatic carbocycles. The van der Waals surface area contributed by atoms with Crippen LogP contribution in [0.25, 0.3) is 0 Å². The minimum atomic E-state index is 0.447. The van der Waals surface area contributed by atoms with Gasteiger partial charge in [0.25, 0.3) is 0 Å². The average Bonchev–Trinajstić information content (AvgIpc) is 2.81. The largest absolute Gasteiger partial charge is 0.353 e. The Morgan fingerprint density at radius 3 is 2.64 bits per heavy atom. The van der Waals surface area contributed by atoms with Crippen molar-refractivity contribution in [3.8, 4) is 6.07 Å². The van der Waals surface area contributed by atoms with Gasteiger partial charge in [-0.25, -0.2) is 9.97 Å². The summed E-state index contributed by atoms with van der Waals surface area (Å²) in [4.78, 5) is 13.4. The van der Waals surface area contributed by atoms with Gasteiger partial charge in [-0.05, 0) is 31.7 Å². The molecular formula is C17H25N5. The molecule has 2 aliphatic rings. The average molecular weight is 299 g/mol. The van der Waals surface area contributed by atoms with Gasteiger partial charge in [0.05, 0.1) is 0 Å². The van der Waals surface area contributed by atoms with Gasteiger partial charge in [0.15, 0.2) is 11.5 Å². The van der Waals surface area contributed by atoms with Crippen LogP contribution in [0.4, 0.5) is 5.82 Å². The van der Waals surface area contributed by atoms with Crippen LogP contribution in [-0.2, 0) is 0 Å². The van der Waals surface area contributed by atoms with Gasteiger partial charge in [-0.2, -0.15) is 5.26 Å². The quantitative estimate of drug-likeness (QED) is 0.858. The summed E-state index contributed by atoms with van der Waals surface area (Å²) >= 11 is 0. The minimum absolute atomic E-state index is 0.447. The highest BCUT2D eigenvalue weighted by atomic mass is 15.3. The van der Waals surface area contributed by atoms with Crippen molar-refractivity contribution < 1.29 is 0 Å². The normalized spacial score (nSPS) is 21.3. The summed E-state index contributed by atoms with van der Waals surface area (Å²) in [6, 6.07) is 2.16. The third kappa shape index (κ3) is 3.75. The van der Waals surface area contributed by atoms with E-state index in [1.165, 1.54) is 38.6 Å². The lowest BCUT2D eigenvalue weighted by atomic mass is 9.89. The number of rotatable bonds is 3. The monoisotopic (exact) mass is 299 g/mol. The van der Waals surface area contributed by atoms with E-state index in [1.807, 2.05) is 0 Å². The molecule has 118 valence electrons. The third-order valence-corrected chi connectivity index (χ3v) is 4.91. The molecule has 0 spiro atoms. The molecular weight excluding hydrogens is 274 g/mol. The SMILES string of the molecule is N#Cc1nccnc1N1CCCN(CC2CCCCC2)CC1. The summed E-state index contributed by atoms with van der Waals surface area (Å²) in [5, 5.41) is 9.20. The topological polar surface area (TPSA) is 56.1 Å². The highest BCUT2D eigenvalue weighted by Gasteiger charge is 2.22. The molecule has 0 amide bonds. The molecule has 0 aromatic carbocycles. The smallest absolute Gasteiger partial charge is 0.183 e. The molecule has 0 atom stereocenters. The summed E-state index contributed by atoms with van der Waals surface area (Å²) < 4.78 is 0. The fourth-order valence-electron chi connectivity index (χ4n) is 3.74. The maximum Gasteiger partial charge on any atom is 0.183 e. The molecule has 1 aliphatic heterocycles. The molecule has 1 saturated carbocycles. The first-order valence-electron chi connectivity index (χ1n) is 8.55. The Kier molecular flexibility index (Phi) is 5.23. The molecule has 0 bridgehead atoms. The fourth-order valence-corrected chi connectivity index (χ4v) is 3.74. The van der Waals surface area contributed by atoms with E-state index >= 15 is 0 Å². The molecule has 5 nitrogen and oxygen atoms in total. The lowest BCUT2D eigenvalue weighted by Crippen LogP contribution is -2.35. The Balaban J connectivity index is 1.58. The number of hydrogen-bond donors (Lipinski definition) is 0. The van der Waals surface area contributed by atoms with Gasteiger partial charge < -0.3 is 9.80 Å². The molecule has 3 rings (SSSR count). The number of anilines is 1. The summed E-state index contributed by atoms with van der Waals surface area (Å²) in [7, 11) is 0. The van der Waals surface area contributed by atoms with Crippen LogP contribution in [0.3, 0.4) is 0 Å². The van der Waals surface area contributed by atoms with Crippen LogP contribution in [0.5, 0.6) is 0 Å². The number of nitriles is 1. The van der Waals surface area contributed by atoms with Gasteiger partial charge in [0, 0.05) is 38.6 Å². The van der Waals surface area contributed by atoms with Crippen LogP contribution in [0, 0.1) is 17.2 Å². The zero-order chi connectivity index (χ0) is 15.2. The van der Waals surface area contributed by atoms with Crippen molar-refractivity contribution in [2.24, 2.45) is 5.92 Å². The Morgan fingerprint density at radius 1 is 1.00 bits per heavy atom. The Labute approximate surface area is 133 Å². The molecule has 22 heavy (non-hydrogen) atoms. The Bertz CT molecular complexity index is 518. The molecule has 2 fully saturated rings. The van der Waals surface area contributed by atoms with Crippen molar-refractivity contribution in [2.75, 3.05) is 37.6 Å². The van der Waals surface area contributed by atoms with E-state index in [4.69, 9.17) is 0 Å². The first-order chi connectivity index (χ1) is 10.9. The van der Waals surface area contributed by atoms with E-state index in [2.05, 4.69) is 25.8 Å². The Morgan fingerprint density at radius 2 is 1.82 bits per heavy atom. The highest BCUT2D eigenvalue weighted by Crippen LogP contribution is 2.25. The van der Waals surface area contributed by atoms with Gasteiger partial charge in [-0.1, -0.05) is 19.3 Å². The van der Waals surface area contributed by atoms with Crippen LogP contribution in [0.15, 0.2) is 12.4 Å². The van der Waals surface area contributed by atoms with E-state index in [0.717, 1.165) is 44.3 Å². The molecule has 0 unspecified atom stereocenters. The Hall–Kier alpha value is -1.67. The van der Waals surface area contributed by atoms with Crippen molar-refractivity contribution in [1.29, 1.82) is 5.26 Å². The van der Waals surface area contributed by atoms with Crippen molar-refractivity contribution in [1.82, 2.24) is 14.9 Å². The van der Waals surface area contributed by atoms with E-state index in [9.17, 15) is 5.26 Å². The molecule has 1 saturated heterocycles. The zero-order valence-corrected chi connectivity index (χ0v) is 13.2. The lowest BCUT2D eigenvalue weighted by Gasteiger charge is -2.29. The number of hydrogen-bond acceptors (Lipinski definition) is 5. The van der Waals surface area contributed by atoms with Gasteiger partial charge in [0.1, 0.15) is 6.07 Å². The van der Waals surface area contributed by atoms with Crippen molar-refractivity contribution in [3.63, 3.8) is 0 Å². The first kappa shape index (κ1) is 15.2. The van der Waals surface area contributed by atoms with E-state index < -0.39 is 0 Å². The maximum absolute atomic E-state index is 9.20.